The highest BCUT2D eigenvalue weighted by atomic mass is 32.2. The lowest BCUT2D eigenvalue weighted by atomic mass is 10.0. The maximum Gasteiger partial charge on any atom is 0.238 e. The topological polar surface area (TPSA) is 146 Å². The number of hydrogen-bond acceptors (Lipinski definition) is 7. The van der Waals surface area contributed by atoms with Gasteiger partial charge in [0.2, 0.25) is 21.1 Å². The highest BCUT2D eigenvalue weighted by Crippen LogP contribution is 2.22. The molecule has 4 aromatic rings. The molecule has 0 aliphatic rings. The third-order valence-corrected chi connectivity index (χ3v) is 7.16. The van der Waals surface area contributed by atoms with Crippen molar-refractivity contribution in [3.05, 3.63) is 83.7 Å². The fourth-order valence-electron chi connectivity index (χ4n) is 3.52. The lowest BCUT2D eigenvalue weighted by molar-refractivity contribution is -0.118. The van der Waals surface area contributed by atoms with Crippen molar-refractivity contribution in [2.75, 3.05) is 18.1 Å². The molecule has 34 heavy (non-hydrogen) atoms. The maximum absolute atomic E-state index is 12.2. The summed E-state index contributed by atoms with van der Waals surface area (Å²) in [4.78, 5) is 12.3. The summed E-state index contributed by atoms with van der Waals surface area (Å²) in [5.74, 6) is 6.79. The molecule has 11 heteroatoms. The molecule has 3 aromatic carbocycles. The molecule has 0 spiro atoms. The number of nitrogens with zero attached hydrogens (tertiary/aromatic N) is 3. The second-order valence-corrected chi connectivity index (χ2v) is 10.2. The first-order valence-corrected chi connectivity index (χ1v) is 13.0. The number of benzene rings is 3. The van der Waals surface area contributed by atoms with Gasteiger partial charge in [0.15, 0.2) is 5.82 Å². The second kappa shape index (κ2) is 10.2. The van der Waals surface area contributed by atoms with E-state index in [0.717, 1.165) is 21.9 Å². The summed E-state index contributed by atoms with van der Waals surface area (Å²) >= 11 is 1.21. The number of rotatable bonds is 9. The van der Waals surface area contributed by atoms with Crippen LogP contribution in [0.15, 0.2) is 76.8 Å². The summed E-state index contributed by atoms with van der Waals surface area (Å²) < 4.78 is 24.0. The van der Waals surface area contributed by atoms with Gasteiger partial charge in [-0.05, 0) is 40.5 Å². The van der Waals surface area contributed by atoms with E-state index in [1.165, 1.54) is 28.6 Å². The van der Waals surface area contributed by atoms with Gasteiger partial charge in [0.05, 0.1) is 10.6 Å². The van der Waals surface area contributed by atoms with Crippen LogP contribution in [0, 0.1) is 0 Å². The number of nitrogens with two attached hydrogens (primary N) is 2. The van der Waals surface area contributed by atoms with Crippen LogP contribution < -0.4 is 16.3 Å². The number of carbonyl (C=O) groups excluding carboxylic acids is 1. The van der Waals surface area contributed by atoms with E-state index in [0.29, 0.717) is 30.4 Å². The molecule has 0 radical (unpaired) electrons. The largest absolute Gasteiger partial charge is 0.355 e. The van der Waals surface area contributed by atoms with Crippen LogP contribution in [-0.4, -0.2) is 41.5 Å². The predicted octanol–water partition coefficient (Wildman–Crippen LogP) is 1.83. The van der Waals surface area contributed by atoms with Gasteiger partial charge in [0.1, 0.15) is 0 Å². The standard InChI is InChI=1S/C23H24N6O3S2/c24-29-21(14-18-6-3-5-17-4-1-2-7-20(17)18)27-28-23(29)33-15-22(30)26-13-12-16-8-10-19(11-9-16)34(25,31)32/h1-11H,12-15,24H2,(H,26,30)(H2,25,31,32). The average molecular weight is 497 g/mol. The third-order valence-electron chi connectivity index (χ3n) is 5.28. The number of fused-ring (bicyclic) bond motifs is 1. The molecule has 1 aromatic heterocycles. The first-order valence-electron chi connectivity index (χ1n) is 10.5. The van der Waals surface area contributed by atoms with Crippen molar-refractivity contribution in [3.8, 4) is 0 Å². The van der Waals surface area contributed by atoms with Crippen LogP contribution in [-0.2, 0) is 27.7 Å². The number of nitrogen functional groups attached to an aromatic ring is 1. The normalized spacial score (nSPS) is 11.6. The van der Waals surface area contributed by atoms with Gasteiger partial charge in [-0.2, -0.15) is 0 Å². The van der Waals surface area contributed by atoms with Crippen molar-refractivity contribution in [2.45, 2.75) is 22.9 Å². The van der Waals surface area contributed by atoms with Crippen LogP contribution in [0.2, 0.25) is 0 Å². The number of thioether (sulfide) groups is 1. The molecule has 176 valence electrons. The van der Waals surface area contributed by atoms with E-state index in [4.69, 9.17) is 11.0 Å². The van der Waals surface area contributed by atoms with Crippen LogP contribution in [0.1, 0.15) is 17.0 Å². The average Bonchev–Trinajstić information content (AvgIpc) is 3.17. The molecule has 5 N–H and O–H groups in total. The van der Waals surface area contributed by atoms with E-state index in [9.17, 15) is 13.2 Å². The quantitative estimate of drug-likeness (QED) is 0.237. The van der Waals surface area contributed by atoms with Gasteiger partial charge in [-0.25, -0.2) is 18.2 Å². The number of aromatic nitrogens is 3. The summed E-state index contributed by atoms with van der Waals surface area (Å²) in [5, 5.41) is 19.0. The minimum absolute atomic E-state index is 0.0578. The number of hydrogen-bond donors (Lipinski definition) is 3. The van der Waals surface area contributed by atoms with E-state index >= 15 is 0 Å². The highest BCUT2D eigenvalue weighted by molar-refractivity contribution is 7.99. The Kier molecular flexibility index (Phi) is 7.15. The minimum Gasteiger partial charge on any atom is -0.355 e. The minimum atomic E-state index is -3.71. The highest BCUT2D eigenvalue weighted by Gasteiger charge is 2.14. The molecular weight excluding hydrogens is 472 g/mol. The number of sulfonamides is 1. The molecule has 0 unspecified atom stereocenters. The maximum atomic E-state index is 12.2. The first-order chi connectivity index (χ1) is 16.3. The predicted molar refractivity (Wildman–Crippen MR) is 132 cm³/mol. The molecule has 0 atom stereocenters. The Morgan fingerprint density at radius 3 is 2.50 bits per heavy atom. The van der Waals surface area contributed by atoms with Gasteiger partial charge >= 0.3 is 0 Å². The summed E-state index contributed by atoms with van der Waals surface area (Å²) in [7, 11) is -3.71. The zero-order chi connectivity index (χ0) is 24.1. The Hall–Kier alpha value is -3.41. The van der Waals surface area contributed by atoms with Crippen molar-refractivity contribution in [2.24, 2.45) is 5.14 Å². The van der Waals surface area contributed by atoms with Crippen LogP contribution >= 0.6 is 11.8 Å². The number of primary sulfonamides is 1. The van der Waals surface area contributed by atoms with Crippen LogP contribution in [0.4, 0.5) is 0 Å². The SMILES string of the molecule is Nn1c(Cc2cccc3ccccc23)nnc1SCC(=O)NCCc1ccc(S(N)(=O)=O)cc1. The zero-order valence-electron chi connectivity index (χ0n) is 18.2. The summed E-state index contributed by atoms with van der Waals surface area (Å²) in [5.41, 5.74) is 1.99. The van der Waals surface area contributed by atoms with Gasteiger partial charge < -0.3 is 11.2 Å². The molecule has 0 saturated carbocycles. The molecule has 1 heterocycles. The fourth-order valence-corrected chi connectivity index (χ4v) is 4.74. The molecule has 0 fully saturated rings. The van der Waals surface area contributed by atoms with Crippen molar-refractivity contribution in [3.63, 3.8) is 0 Å². The Labute approximate surface area is 201 Å². The summed E-state index contributed by atoms with van der Waals surface area (Å²) in [6, 6.07) is 20.5. The number of carbonyl (C=O) groups is 1. The first kappa shape index (κ1) is 23.7. The summed E-state index contributed by atoms with van der Waals surface area (Å²) in [6.07, 6.45) is 1.09. The van der Waals surface area contributed by atoms with Gasteiger partial charge in [-0.3, -0.25) is 4.79 Å². The van der Waals surface area contributed by atoms with Gasteiger partial charge in [-0.15, -0.1) is 10.2 Å². The van der Waals surface area contributed by atoms with E-state index in [1.54, 1.807) is 12.1 Å². The third kappa shape index (κ3) is 5.74. The monoisotopic (exact) mass is 496 g/mol. The number of nitrogens with one attached hydrogen (secondary N) is 1. The molecule has 0 saturated heterocycles. The van der Waals surface area contributed by atoms with Gasteiger partial charge in [-0.1, -0.05) is 66.4 Å². The van der Waals surface area contributed by atoms with Crippen molar-refractivity contribution < 1.29 is 13.2 Å². The van der Waals surface area contributed by atoms with Crippen LogP contribution in [0.3, 0.4) is 0 Å². The molecule has 4 rings (SSSR count). The van der Waals surface area contributed by atoms with Crippen molar-refractivity contribution in [1.82, 2.24) is 20.2 Å². The molecule has 0 aliphatic carbocycles. The molecule has 0 bridgehead atoms. The second-order valence-electron chi connectivity index (χ2n) is 7.66. The van der Waals surface area contributed by atoms with E-state index in [2.05, 4.69) is 33.7 Å². The lowest BCUT2D eigenvalue weighted by Crippen LogP contribution is -2.27. The Morgan fingerprint density at radius 2 is 1.74 bits per heavy atom. The van der Waals surface area contributed by atoms with Gasteiger partial charge in [0, 0.05) is 13.0 Å². The Bertz CT molecular complexity index is 1410. The number of amides is 1. The van der Waals surface area contributed by atoms with Crippen molar-refractivity contribution >= 4 is 38.5 Å². The van der Waals surface area contributed by atoms with Crippen molar-refractivity contribution in [1.29, 1.82) is 0 Å². The van der Waals surface area contributed by atoms with E-state index < -0.39 is 10.0 Å². The van der Waals surface area contributed by atoms with Crippen LogP contribution in [0.25, 0.3) is 10.8 Å². The zero-order valence-corrected chi connectivity index (χ0v) is 19.8. The van der Waals surface area contributed by atoms with E-state index in [1.807, 2.05) is 24.3 Å². The molecule has 0 aliphatic heterocycles. The molecular formula is C23H24N6O3S2. The Balaban J connectivity index is 1.28. The lowest BCUT2D eigenvalue weighted by Gasteiger charge is -2.07. The fraction of sp³-hybridized carbons (Fsp3) is 0.174. The summed E-state index contributed by atoms with van der Waals surface area (Å²) in [6.45, 7) is 0.412. The molecule has 9 nitrogen and oxygen atoms in total. The smallest absolute Gasteiger partial charge is 0.238 e. The van der Waals surface area contributed by atoms with Gasteiger partial charge in [0.25, 0.3) is 0 Å². The Morgan fingerprint density at radius 1 is 1.00 bits per heavy atom. The van der Waals surface area contributed by atoms with Crippen LogP contribution in [0.5, 0.6) is 0 Å². The molecule has 1 amide bonds. The van der Waals surface area contributed by atoms with E-state index in [-0.39, 0.29) is 16.6 Å².